The summed E-state index contributed by atoms with van der Waals surface area (Å²) in [5.74, 6) is 0. The van der Waals surface area contributed by atoms with Crippen molar-refractivity contribution in [2.24, 2.45) is 0 Å². The Balaban J connectivity index is 4.90. The molecule has 0 saturated heterocycles. The molecular formula is C6H7F7O2. The summed E-state index contributed by atoms with van der Waals surface area (Å²) in [7, 11) is 0. The molecule has 0 radical (unpaired) electrons. The molecule has 0 aromatic rings. The van der Waals surface area contributed by atoms with Gasteiger partial charge in [0.2, 0.25) is 0 Å². The summed E-state index contributed by atoms with van der Waals surface area (Å²) in [4.78, 5) is 0. The van der Waals surface area contributed by atoms with E-state index in [1.807, 2.05) is 0 Å². The van der Waals surface area contributed by atoms with Crippen molar-refractivity contribution < 1.29 is 40.9 Å². The van der Waals surface area contributed by atoms with Gasteiger partial charge >= 0.3 is 12.4 Å². The maximum atomic E-state index is 12.7. The number of alkyl halides is 7. The molecule has 0 aromatic heterocycles. The van der Waals surface area contributed by atoms with Gasteiger partial charge in [0.1, 0.15) is 0 Å². The summed E-state index contributed by atoms with van der Waals surface area (Å²) in [5.41, 5.74) is -5.41. The van der Waals surface area contributed by atoms with Gasteiger partial charge in [-0.1, -0.05) is 0 Å². The van der Waals surface area contributed by atoms with Crippen molar-refractivity contribution in [3.8, 4) is 0 Å². The average Bonchev–Trinajstić information content (AvgIpc) is 1.95. The van der Waals surface area contributed by atoms with Crippen LogP contribution < -0.4 is 0 Å². The van der Waals surface area contributed by atoms with Gasteiger partial charge in [-0.3, -0.25) is 0 Å². The van der Waals surface area contributed by atoms with E-state index >= 15 is 0 Å². The smallest absolute Gasteiger partial charge is 0.368 e. The molecular weight excluding hydrogens is 237 g/mol. The van der Waals surface area contributed by atoms with E-state index in [-0.39, 0.29) is 0 Å². The average molecular weight is 244 g/mol. The quantitative estimate of drug-likeness (QED) is 0.588. The fourth-order valence-electron chi connectivity index (χ4n) is 0.772. The molecule has 92 valence electrons. The van der Waals surface area contributed by atoms with Crippen molar-refractivity contribution >= 4 is 0 Å². The second-order valence-electron chi connectivity index (χ2n) is 2.82. The number of hydrogen-bond donors (Lipinski definition) is 2. The van der Waals surface area contributed by atoms with Crippen LogP contribution >= 0.6 is 0 Å². The van der Waals surface area contributed by atoms with Gasteiger partial charge in [-0.25, -0.2) is 4.39 Å². The van der Waals surface area contributed by atoms with Gasteiger partial charge in [-0.05, 0) is 0 Å². The van der Waals surface area contributed by atoms with Crippen molar-refractivity contribution in [3.05, 3.63) is 0 Å². The third-order valence-corrected chi connectivity index (χ3v) is 1.65. The lowest BCUT2D eigenvalue weighted by atomic mass is 9.98. The molecule has 0 aliphatic rings. The van der Waals surface area contributed by atoms with Crippen molar-refractivity contribution in [2.45, 2.75) is 37.2 Å². The molecule has 0 aliphatic carbocycles. The van der Waals surface area contributed by atoms with E-state index in [1.54, 1.807) is 0 Å². The molecule has 9 heteroatoms. The molecule has 0 spiro atoms. The Labute approximate surface area is 79.3 Å². The molecule has 0 bridgehead atoms. The van der Waals surface area contributed by atoms with Crippen LogP contribution in [-0.2, 0) is 0 Å². The monoisotopic (exact) mass is 244 g/mol. The highest BCUT2D eigenvalue weighted by molar-refractivity contribution is 4.94. The molecule has 0 unspecified atom stereocenters. The van der Waals surface area contributed by atoms with E-state index in [0.29, 0.717) is 0 Å². The molecule has 2 N–H and O–H groups in total. The minimum atomic E-state index is -6.14. The Morgan fingerprint density at radius 1 is 0.800 bits per heavy atom. The Kier molecular flexibility index (Phi) is 3.97. The molecule has 0 atom stereocenters. The van der Waals surface area contributed by atoms with Crippen molar-refractivity contribution in [1.29, 1.82) is 0 Å². The first-order chi connectivity index (χ1) is 6.42. The fraction of sp³-hybridized carbons (Fsp3) is 1.00. The topological polar surface area (TPSA) is 40.5 Å². The highest BCUT2D eigenvalue weighted by atomic mass is 19.4. The molecule has 0 heterocycles. The Hall–Kier alpha value is -0.570. The van der Waals surface area contributed by atoms with Crippen LogP contribution in [0.1, 0.15) is 12.8 Å². The van der Waals surface area contributed by atoms with Crippen LogP contribution in [0.3, 0.4) is 0 Å². The van der Waals surface area contributed by atoms with Crippen LogP contribution in [0.4, 0.5) is 30.7 Å². The zero-order valence-corrected chi connectivity index (χ0v) is 7.03. The summed E-state index contributed by atoms with van der Waals surface area (Å²) >= 11 is 0. The van der Waals surface area contributed by atoms with Gasteiger partial charge in [0.25, 0.3) is 5.67 Å². The molecule has 15 heavy (non-hydrogen) atoms. The van der Waals surface area contributed by atoms with Gasteiger partial charge < -0.3 is 10.2 Å². The van der Waals surface area contributed by atoms with Gasteiger partial charge in [-0.2, -0.15) is 26.3 Å². The lowest BCUT2D eigenvalue weighted by molar-refractivity contribution is -0.345. The zero-order valence-electron chi connectivity index (χ0n) is 7.03. The second kappa shape index (κ2) is 4.12. The fourth-order valence-corrected chi connectivity index (χ4v) is 0.772. The van der Waals surface area contributed by atoms with Crippen molar-refractivity contribution in [3.63, 3.8) is 0 Å². The zero-order chi connectivity index (χ0) is 12.5. The van der Waals surface area contributed by atoms with Gasteiger partial charge in [0, 0.05) is 12.8 Å². The molecule has 2 nitrogen and oxygen atoms in total. The number of aliphatic hydroxyl groups is 2. The summed E-state index contributed by atoms with van der Waals surface area (Å²) < 4.78 is 83.4. The van der Waals surface area contributed by atoms with Crippen molar-refractivity contribution in [2.75, 3.05) is 0 Å². The largest absolute Gasteiger partial charge is 0.431 e. The first-order valence-electron chi connectivity index (χ1n) is 3.60. The Bertz CT molecular complexity index is 193. The third-order valence-electron chi connectivity index (χ3n) is 1.65. The summed E-state index contributed by atoms with van der Waals surface area (Å²) in [6.07, 6.45) is -18.2. The van der Waals surface area contributed by atoms with Crippen LogP contribution in [0.2, 0.25) is 0 Å². The Morgan fingerprint density at radius 3 is 1.33 bits per heavy atom. The van der Waals surface area contributed by atoms with Gasteiger partial charge in [-0.15, -0.1) is 0 Å². The molecule has 0 fully saturated rings. The summed E-state index contributed by atoms with van der Waals surface area (Å²) in [6.45, 7) is 0. The van der Waals surface area contributed by atoms with E-state index < -0.39 is 37.2 Å². The number of hydrogen-bond acceptors (Lipinski definition) is 2. The standard InChI is InChI=1S/C6H7F7O2/c7-4(5(8,9)10,6(11,12)13)2-1-3(14)15/h3,14-15H,1-2H2. The SMILES string of the molecule is OC(O)CCC(F)(C(F)(F)F)C(F)(F)F. The second-order valence-corrected chi connectivity index (χ2v) is 2.82. The highest BCUT2D eigenvalue weighted by Crippen LogP contribution is 2.48. The molecule has 0 aromatic carbocycles. The maximum Gasteiger partial charge on any atom is 0.431 e. The van der Waals surface area contributed by atoms with E-state index in [4.69, 9.17) is 10.2 Å². The minimum Gasteiger partial charge on any atom is -0.368 e. The van der Waals surface area contributed by atoms with Gasteiger partial charge in [0.15, 0.2) is 6.29 Å². The van der Waals surface area contributed by atoms with E-state index in [9.17, 15) is 30.7 Å². The van der Waals surface area contributed by atoms with Crippen LogP contribution in [0.15, 0.2) is 0 Å². The van der Waals surface area contributed by atoms with Crippen LogP contribution in [0, 0.1) is 0 Å². The summed E-state index contributed by atoms with van der Waals surface area (Å²) in [5, 5.41) is 16.2. The summed E-state index contributed by atoms with van der Waals surface area (Å²) in [6, 6.07) is 0. The van der Waals surface area contributed by atoms with Gasteiger partial charge in [0.05, 0.1) is 0 Å². The predicted molar refractivity (Wildman–Crippen MR) is 33.4 cm³/mol. The van der Waals surface area contributed by atoms with Crippen LogP contribution in [-0.4, -0.2) is 34.5 Å². The van der Waals surface area contributed by atoms with E-state index in [1.165, 1.54) is 0 Å². The number of aliphatic hydroxyl groups excluding tert-OH is 1. The lowest BCUT2D eigenvalue weighted by Gasteiger charge is -2.30. The third kappa shape index (κ3) is 3.20. The molecule has 0 aliphatic heterocycles. The molecule has 0 amide bonds. The highest BCUT2D eigenvalue weighted by Gasteiger charge is 2.71. The number of rotatable bonds is 3. The molecule has 0 rings (SSSR count). The molecule has 0 saturated carbocycles. The first-order valence-corrected chi connectivity index (χ1v) is 3.60. The number of halogens is 7. The predicted octanol–water partition coefficient (Wildman–Crippen LogP) is 1.91. The van der Waals surface area contributed by atoms with E-state index in [2.05, 4.69) is 0 Å². The van der Waals surface area contributed by atoms with E-state index in [0.717, 1.165) is 0 Å². The Morgan fingerprint density at radius 2 is 1.13 bits per heavy atom. The maximum absolute atomic E-state index is 12.7. The normalized spacial score (nSPS) is 14.8. The van der Waals surface area contributed by atoms with Crippen LogP contribution in [0.25, 0.3) is 0 Å². The minimum absolute atomic E-state index is 1.37. The lowest BCUT2D eigenvalue weighted by Crippen LogP contribution is -2.53. The van der Waals surface area contributed by atoms with Crippen LogP contribution in [0.5, 0.6) is 0 Å². The van der Waals surface area contributed by atoms with Crippen molar-refractivity contribution in [1.82, 2.24) is 0 Å². The first kappa shape index (κ1) is 14.4.